The Labute approximate surface area is 92.0 Å². The SMILES string of the molecule is Cc1ccc(NC(=O)NCC(=O)NF)cc1. The highest BCUT2D eigenvalue weighted by Crippen LogP contribution is 2.07. The van der Waals surface area contributed by atoms with Gasteiger partial charge < -0.3 is 10.6 Å². The van der Waals surface area contributed by atoms with Crippen molar-refractivity contribution in [3.8, 4) is 0 Å². The van der Waals surface area contributed by atoms with Gasteiger partial charge in [-0.3, -0.25) is 4.79 Å². The van der Waals surface area contributed by atoms with Crippen molar-refractivity contribution in [1.82, 2.24) is 10.9 Å². The minimum Gasteiger partial charge on any atom is -0.329 e. The molecule has 0 bridgehead atoms. The summed E-state index contributed by atoms with van der Waals surface area (Å²) in [5, 5.41) is 4.69. The van der Waals surface area contributed by atoms with E-state index in [0.29, 0.717) is 5.69 Å². The van der Waals surface area contributed by atoms with Crippen LogP contribution in [0.25, 0.3) is 0 Å². The molecule has 0 aromatic heterocycles. The number of nitrogens with one attached hydrogen (secondary N) is 3. The molecule has 86 valence electrons. The van der Waals surface area contributed by atoms with E-state index in [4.69, 9.17) is 0 Å². The zero-order valence-corrected chi connectivity index (χ0v) is 8.71. The van der Waals surface area contributed by atoms with Gasteiger partial charge in [0.05, 0.1) is 0 Å². The van der Waals surface area contributed by atoms with Crippen molar-refractivity contribution in [2.24, 2.45) is 0 Å². The van der Waals surface area contributed by atoms with Crippen molar-refractivity contribution in [3.05, 3.63) is 29.8 Å². The minimum absolute atomic E-state index is 0.409. The Balaban J connectivity index is 2.40. The molecule has 0 aliphatic rings. The van der Waals surface area contributed by atoms with Crippen molar-refractivity contribution in [2.75, 3.05) is 11.9 Å². The number of rotatable bonds is 3. The van der Waals surface area contributed by atoms with Crippen LogP contribution in [0.5, 0.6) is 0 Å². The first-order valence-corrected chi connectivity index (χ1v) is 4.63. The number of benzene rings is 1. The summed E-state index contributed by atoms with van der Waals surface area (Å²) in [4.78, 5) is 21.7. The van der Waals surface area contributed by atoms with Gasteiger partial charge in [0, 0.05) is 5.69 Å². The Morgan fingerprint density at radius 2 is 1.88 bits per heavy atom. The average Bonchev–Trinajstić information content (AvgIpc) is 2.29. The summed E-state index contributed by atoms with van der Waals surface area (Å²) in [6.45, 7) is 1.52. The van der Waals surface area contributed by atoms with Crippen LogP contribution in [-0.4, -0.2) is 18.5 Å². The van der Waals surface area contributed by atoms with Gasteiger partial charge >= 0.3 is 6.03 Å². The van der Waals surface area contributed by atoms with E-state index >= 15 is 0 Å². The van der Waals surface area contributed by atoms with E-state index in [-0.39, 0.29) is 0 Å². The monoisotopic (exact) mass is 225 g/mol. The van der Waals surface area contributed by atoms with Crippen LogP contribution in [0.2, 0.25) is 0 Å². The Morgan fingerprint density at radius 1 is 1.25 bits per heavy atom. The van der Waals surface area contributed by atoms with Gasteiger partial charge in [0.1, 0.15) is 6.54 Å². The number of carbonyl (C=O) groups excluding carboxylic acids is 2. The summed E-state index contributed by atoms with van der Waals surface area (Å²) >= 11 is 0. The number of halogens is 1. The van der Waals surface area contributed by atoms with Gasteiger partial charge in [0.25, 0.3) is 5.91 Å². The highest BCUT2D eigenvalue weighted by atomic mass is 19.2. The first kappa shape index (κ1) is 12.0. The van der Waals surface area contributed by atoms with Crippen LogP contribution < -0.4 is 16.2 Å². The highest BCUT2D eigenvalue weighted by Gasteiger charge is 2.04. The summed E-state index contributed by atoms with van der Waals surface area (Å²) in [5.41, 5.74) is 2.58. The maximum atomic E-state index is 11.5. The van der Waals surface area contributed by atoms with Gasteiger partial charge in [-0.15, -0.1) is 4.48 Å². The number of anilines is 1. The minimum atomic E-state index is -0.904. The molecule has 16 heavy (non-hydrogen) atoms. The lowest BCUT2D eigenvalue weighted by atomic mass is 10.2. The molecule has 0 unspecified atom stereocenters. The third kappa shape index (κ3) is 3.95. The second-order valence-electron chi connectivity index (χ2n) is 3.19. The molecule has 3 amide bonds. The fourth-order valence-corrected chi connectivity index (χ4v) is 1.01. The van der Waals surface area contributed by atoms with Crippen LogP contribution in [0.4, 0.5) is 15.0 Å². The predicted molar refractivity (Wildman–Crippen MR) is 57.5 cm³/mol. The van der Waals surface area contributed by atoms with Gasteiger partial charge in [-0.1, -0.05) is 17.7 Å². The molecule has 0 saturated heterocycles. The molecule has 1 aromatic carbocycles. The highest BCUT2D eigenvalue weighted by molar-refractivity contribution is 5.92. The van der Waals surface area contributed by atoms with Crippen molar-refractivity contribution in [2.45, 2.75) is 6.92 Å². The number of hydrogen-bond acceptors (Lipinski definition) is 2. The third-order valence-electron chi connectivity index (χ3n) is 1.82. The summed E-state index contributed by atoms with van der Waals surface area (Å²) in [6, 6.07) is 6.56. The largest absolute Gasteiger partial charge is 0.329 e. The smallest absolute Gasteiger partial charge is 0.319 e. The molecule has 0 aliphatic heterocycles. The number of amides is 3. The second kappa shape index (κ2) is 5.69. The predicted octanol–water partition coefficient (Wildman–Crippen LogP) is 1.12. The Bertz CT molecular complexity index is 378. The van der Waals surface area contributed by atoms with Gasteiger partial charge in [0.2, 0.25) is 0 Å². The number of carbonyl (C=O) groups is 2. The van der Waals surface area contributed by atoms with Crippen molar-refractivity contribution in [1.29, 1.82) is 0 Å². The van der Waals surface area contributed by atoms with Crippen LogP contribution in [0.1, 0.15) is 5.56 Å². The molecule has 5 nitrogen and oxygen atoms in total. The Kier molecular flexibility index (Phi) is 4.26. The van der Waals surface area contributed by atoms with Gasteiger partial charge in [0.15, 0.2) is 0 Å². The molecule has 3 N–H and O–H groups in total. The summed E-state index contributed by atoms with van der Waals surface area (Å²) in [5.74, 6) is -0.904. The maximum Gasteiger partial charge on any atom is 0.319 e. The number of aryl methyl sites for hydroxylation is 1. The molecular weight excluding hydrogens is 213 g/mol. The zero-order chi connectivity index (χ0) is 12.0. The summed E-state index contributed by atoms with van der Waals surface area (Å²) in [7, 11) is 0. The molecule has 1 aromatic rings. The summed E-state index contributed by atoms with van der Waals surface area (Å²) in [6.07, 6.45) is 0. The normalized spacial score (nSPS) is 9.38. The number of urea groups is 1. The van der Waals surface area contributed by atoms with E-state index in [0.717, 1.165) is 11.1 Å². The first-order valence-electron chi connectivity index (χ1n) is 4.63. The lowest BCUT2D eigenvalue weighted by Crippen LogP contribution is -2.36. The van der Waals surface area contributed by atoms with Gasteiger partial charge in [-0.2, -0.15) is 5.54 Å². The fourth-order valence-electron chi connectivity index (χ4n) is 1.01. The lowest BCUT2D eigenvalue weighted by Gasteiger charge is -2.06. The third-order valence-corrected chi connectivity index (χ3v) is 1.82. The molecule has 0 atom stereocenters. The Morgan fingerprint density at radius 3 is 2.44 bits per heavy atom. The molecule has 6 heteroatoms. The van der Waals surface area contributed by atoms with Gasteiger partial charge in [-0.05, 0) is 19.1 Å². The van der Waals surface area contributed by atoms with E-state index in [1.54, 1.807) is 12.1 Å². The molecule has 0 heterocycles. The van der Waals surface area contributed by atoms with E-state index in [2.05, 4.69) is 10.6 Å². The molecule has 0 fully saturated rings. The fraction of sp³-hybridized carbons (Fsp3) is 0.200. The lowest BCUT2D eigenvalue weighted by molar-refractivity contribution is -0.124. The molecule has 1 rings (SSSR count). The van der Waals surface area contributed by atoms with Crippen molar-refractivity contribution < 1.29 is 14.1 Å². The average molecular weight is 225 g/mol. The van der Waals surface area contributed by atoms with E-state index < -0.39 is 18.5 Å². The van der Waals surface area contributed by atoms with E-state index in [9.17, 15) is 14.1 Å². The van der Waals surface area contributed by atoms with Crippen LogP contribution in [0.3, 0.4) is 0 Å². The van der Waals surface area contributed by atoms with Crippen molar-refractivity contribution in [3.63, 3.8) is 0 Å². The maximum absolute atomic E-state index is 11.5. The summed E-state index contributed by atoms with van der Waals surface area (Å²) < 4.78 is 11.5. The topological polar surface area (TPSA) is 70.2 Å². The van der Waals surface area contributed by atoms with Crippen LogP contribution in [0.15, 0.2) is 24.3 Å². The Hall–Kier alpha value is -2.11. The van der Waals surface area contributed by atoms with Crippen molar-refractivity contribution >= 4 is 17.6 Å². The van der Waals surface area contributed by atoms with Crippen LogP contribution in [0, 0.1) is 6.92 Å². The second-order valence-corrected chi connectivity index (χ2v) is 3.19. The molecular formula is C10H12FN3O2. The molecule has 0 saturated carbocycles. The first-order chi connectivity index (χ1) is 7.61. The van der Waals surface area contributed by atoms with Crippen LogP contribution >= 0.6 is 0 Å². The molecule has 0 aliphatic carbocycles. The number of hydrogen-bond donors (Lipinski definition) is 3. The molecule has 0 spiro atoms. The van der Waals surface area contributed by atoms with Gasteiger partial charge in [-0.25, -0.2) is 4.79 Å². The molecule has 0 radical (unpaired) electrons. The van der Waals surface area contributed by atoms with E-state index in [1.165, 1.54) is 0 Å². The quantitative estimate of drug-likeness (QED) is 0.674. The zero-order valence-electron chi connectivity index (χ0n) is 8.71. The standard InChI is InChI=1S/C10H12FN3O2/c1-7-2-4-8(5-3-7)13-10(16)12-6-9(15)14-11/h2-5H,6H2,1H3,(H,14,15)(H2,12,13,16). The van der Waals surface area contributed by atoms with Crippen LogP contribution in [-0.2, 0) is 4.79 Å². The van der Waals surface area contributed by atoms with E-state index in [1.807, 2.05) is 19.1 Å².